The van der Waals surface area contributed by atoms with Crippen molar-refractivity contribution in [2.24, 2.45) is 7.05 Å². The van der Waals surface area contributed by atoms with Crippen LogP contribution in [0.4, 0.5) is 15.9 Å². The van der Waals surface area contributed by atoms with E-state index in [1.54, 1.807) is 36.0 Å². The van der Waals surface area contributed by atoms with Gasteiger partial charge in [0, 0.05) is 31.2 Å². The zero-order valence-electron chi connectivity index (χ0n) is 12.9. The molecule has 0 bridgehead atoms. The van der Waals surface area contributed by atoms with E-state index >= 15 is 0 Å². The minimum atomic E-state index is -0.449. The molecule has 1 aromatic heterocycles. The molecule has 0 radical (unpaired) electrons. The maximum absolute atomic E-state index is 13.0. The summed E-state index contributed by atoms with van der Waals surface area (Å²) in [5, 5.41) is 15.2. The third-order valence-corrected chi connectivity index (χ3v) is 3.82. The number of hydrogen-bond acceptors (Lipinski definition) is 4. The molecular weight excluding hydrogens is 311 g/mol. The Bertz CT molecular complexity index is 886. The molecule has 0 aliphatic rings. The van der Waals surface area contributed by atoms with E-state index in [-0.39, 0.29) is 11.5 Å². The Morgan fingerprint density at radius 1 is 1.17 bits per heavy atom. The third kappa shape index (κ3) is 2.96. The highest BCUT2D eigenvalue weighted by atomic mass is 19.1. The van der Waals surface area contributed by atoms with Crippen molar-refractivity contribution in [3.63, 3.8) is 0 Å². The molecule has 6 nitrogen and oxygen atoms in total. The van der Waals surface area contributed by atoms with Crippen molar-refractivity contribution in [1.29, 1.82) is 0 Å². The third-order valence-electron chi connectivity index (χ3n) is 3.82. The molecule has 0 saturated heterocycles. The summed E-state index contributed by atoms with van der Waals surface area (Å²) in [5.74, 6) is 0.177. The fraction of sp³-hybridized carbons (Fsp3) is 0.118. The number of nitro groups is 1. The lowest BCUT2D eigenvalue weighted by molar-refractivity contribution is -0.384. The summed E-state index contributed by atoms with van der Waals surface area (Å²) in [7, 11) is 1.73. The summed E-state index contributed by atoms with van der Waals surface area (Å²) in [6.45, 7) is 0. The van der Waals surface area contributed by atoms with Crippen molar-refractivity contribution >= 4 is 11.5 Å². The first-order chi connectivity index (χ1) is 11.5. The number of aryl methyl sites for hydroxylation is 1. The first-order valence-corrected chi connectivity index (χ1v) is 7.26. The highest BCUT2D eigenvalue weighted by Gasteiger charge is 2.17. The highest BCUT2D eigenvalue weighted by molar-refractivity contribution is 5.77. The fourth-order valence-corrected chi connectivity index (χ4v) is 2.58. The van der Waals surface area contributed by atoms with Gasteiger partial charge in [0.1, 0.15) is 11.6 Å². The molecule has 0 atom stereocenters. The number of nitrogen functional groups attached to an aromatic ring is 1. The smallest absolute Gasteiger partial charge is 0.269 e. The van der Waals surface area contributed by atoms with Gasteiger partial charge in [-0.25, -0.2) is 4.39 Å². The minimum Gasteiger partial charge on any atom is -0.383 e. The van der Waals surface area contributed by atoms with Gasteiger partial charge in [0.05, 0.1) is 10.6 Å². The Morgan fingerprint density at radius 2 is 1.79 bits per heavy atom. The molecule has 3 rings (SSSR count). The Labute approximate surface area is 137 Å². The number of nitro benzene ring substituents is 1. The monoisotopic (exact) mass is 326 g/mol. The Hall–Kier alpha value is -3.22. The van der Waals surface area contributed by atoms with Crippen LogP contribution < -0.4 is 5.73 Å². The molecule has 1 heterocycles. The van der Waals surface area contributed by atoms with Crippen molar-refractivity contribution in [2.75, 3.05) is 5.73 Å². The largest absolute Gasteiger partial charge is 0.383 e. The van der Waals surface area contributed by atoms with E-state index in [2.05, 4.69) is 5.10 Å². The molecule has 0 saturated carbocycles. The van der Waals surface area contributed by atoms with E-state index in [0.717, 1.165) is 22.4 Å². The molecule has 122 valence electrons. The van der Waals surface area contributed by atoms with E-state index < -0.39 is 4.92 Å². The van der Waals surface area contributed by atoms with Crippen LogP contribution in [0.2, 0.25) is 0 Å². The minimum absolute atomic E-state index is 0.0151. The Morgan fingerprint density at radius 3 is 2.38 bits per heavy atom. The number of rotatable bonds is 4. The van der Waals surface area contributed by atoms with Crippen LogP contribution in [0.15, 0.2) is 48.5 Å². The van der Waals surface area contributed by atoms with Crippen LogP contribution in [0.1, 0.15) is 11.3 Å². The van der Waals surface area contributed by atoms with Gasteiger partial charge in [-0.2, -0.15) is 5.10 Å². The average molecular weight is 326 g/mol. The molecule has 7 heteroatoms. The van der Waals surface area contributed by atoms with E-state index in [0.29, 0.717) is 12.2 Å². The summed E-state index contributed by atoms with van der Waals surface area (Å²) in [4.78, 5) is 10.3. The molecule has 0 aliphatic carbocycles. The zero-order chi connectivity index (χ0) is 17.3. The molecular formula is C17H15FN4O2. The van der Waals surface area contributed by atoms with Gasteiger partial charge in [-0.1, -0.05) is 12.1 Å². The summed E-state index contributed by atoms with van der Waals surface area (Å²) < 4.78 is 14.6. The lowest BCUT2D eigenvalue weighted by atomic mass is 10.0. The molecule has 0 amide bonds. The average Bonchev–Trinajstić information content (AvgIpc) is 2.84. The van der Waals surface area contributed by atoms with Crippen LogP contribution in [0, 0.1) is 15.9 Å². The quantitative estimate of drug-likeness (QED) is 0.588. The standard InChI is InChI=1S/C17H15FN4O2/c1-21-17(19)16(12-4-8-14(9-5-12)22(23)24)15(20-21)10-11-2-6-13(18)7-3-11/h2-9H,10,19H2,1H3. The van der Waals surface area contributed by atoms with Gasteiger partial charge in [0.15, 0.2) is 0 Å². The molecule has 3 aromatic rings. The number of anilines is 1. The number of aromatic nitrogens is 2. The number of benzene rings is 2. The van der Waals surface area contributed by atoms with Crippen molar-refractivity contribution in [3.05, 3.63) is 75.7 Å². The molecule has 0 spiro atoms. The SMILES string of the molecule is Cn1nc(Cc2ccc(F)cc2)c(-c2ccc([N+](=O)[O-])cc2)c1N. The van der Waals surface area contributed by atoms with E-state index in [1.807, 2.05) is 0 Å². The van der Waals surface area contributed by atoms with Crippen LogP contribution in [0.5, 0.6) is 0 Å². The van der Waals surface area contributed by atoms with Crippen LogP contribution in [-0.4, -0.2) is 14.7 Å². The summed E-state index contributed by atoms with van der Waals surface area (Å²) in [5.41, 5.74) is 9.25. The lowest BCUT2D eigenvalue weighted by Crippen LogP contribution is -1.98. The number of halogens is 1. The molecule has 24 heavy (non-hydrogen) atoms. The zero-order valence-corrected chi connectivity index (χ0v) is 12.9. The number of nitrogens with zero attached hydrogens (tertiary/aromatic N) is 3. The van der Waals surface area contributed by atoms with Gasteiger partial charge in [-0.05, 0) is 35.4 Å². The maximum atomic E-state index is 13.0. The highest BCUT2D eigenvalue weighted by Crippen LogP contribution is 2.31. The van der Waals surface area contributed by atoms with Crippen LogP contribution >= 0.6 is 0 Å². The van der Waals surface area contributed by atoms with Crippen molar-refractivity contribution in [1.82, 2.24) is 9.78 Å². The van der Waals surface area contributed by atoms with Crippen molar-refractivity contribution < 1.29 is 9.31 Å². The second-order valence-electron chi connectivity index (χ2n) is 5.44. The van der Waals surface area contributed by atoms with Gasteiger partial charge >= 0.3 is 0 Å². The molecule has 0 unspecified atom stereocenters. The topological polar surface area (TPSA) is 87.0 Å². The first-order valence-electron chi connectivity index (χ1n) is 7.26. The Kier molecular flexibility index (Phi) is 3.99. The van der Waals surface area contributed by atoms with Gasteiger partial charge in [0.25, 0.3) is 5.69 Å². The van der Waals surface area contributed by atoms with Crippen molar-refractivity contribution in [3.8, 4) is 11.1 Å². The predicted octanol–water partition coefficient (Wildman–Crippen LogP) is 3.31. The molecule has 0 aliphatic heterocycles. The van der Waals surface area contributed by atoms with Gasteiger partial charge in [-0.3, -0.25) is 14.8 Å². The molecule has 0 fully saturated rings. The second-order valence-corrected chi connectivity index (χ2v) is 5.44. The van der Waals surface area contributed by atoms with E-state index in [9.17, 15) is 14.5 Å². The summed E-state index contributed by atoms with van der Waals surface area (Å²) in [6.07, 6.45) is 0.484. The van der Waals surface area contributed by atoms with Crippen LogP contribution in [-0.2, 0) is 13.5 Å². The number of non-ortho nitro benzene ring substituents is 1. The summed E-state index contributed by atoms with van der Waals surface area (Å²) in [6, 6.07) is 12.4. The normalized spacial score (nSPS) is 10.8. The lowest BCUT2D eigenvalue weighted by Gasteiger charge is -2.05. The van der Waals surface area contributed by atoms with Gasteiger partial charge in [0.2, 0.25) is 0 Å². The van der Waals surface area contributed by atoms with Gasteiger partial charge in [-0.15, -0.1) is 0 Å². The first kappa shape index (κ1) is 15.7. The van der Waals surface area contributed by atoms with E-state index in [4.69, 9.17) is 5.73 Å². The summed E-state index contributed by atoms with van der Waals surface area (Å²) >= 11 is 0. The maximum Gasteiger partial charge on any atom is 0.269 e. The Balaban J connectivity index is 2.01. The fourth-order valence-electron chi connectivity index (χ4n) is 2.58. The molecule has 2 N–H and O–H groups in total. The molecule has 2 aromatic carbocycles. The van der Waals surface area contributed by atoms with E-state index in [1.165, 1.54) is 24.3 Å². The second kappa shape index (κ2) is 6.11. The number of hydrogen-bond donors (Lipinski definition) is 1. The van der Waals surface area contributed by atoms with Gasteiger partial charge < -0.3 is 5.73 Å². The van der Waals surface area contributed by atoms with Crippen LogP contribution in [0.3, 0.4) is 0 Å². The number of nitrogens with two attached hydrogens (primary N) is 1. The predicted molar refractivity (Wildman–Crippen MR) is 88.9 cm³/mol. The van der Waals surface area contributed by atoms with Crippen molar-refractivity contribution in [2.45, 2.75) is 6.42 Å². The van der Waals surface area contributed by atoms with Crippen LogP contribution in [0.25, 0.3) is 11.1 Å².